The molecular formula is C24H29BrN2O3. The Kier molecular flexibility index (Phi) is 7.91. The molecule has 0 bridgehead atoms. The molecule has 1 aliphatic carbocycles. The molecule has 2 aromatic carbocycles. The van der Waals surface area contributed by atoms with Crippen molar-refractivity contribution in [2.45, 2.75) is 57.9 Å². The Hall–Kier alpha value is -2.34. The molecule has 1 aliphatic rings. The van der Waals surface area contributed by atoms with Gasteiger partial charge in [-0.3, -0.25) is 9.59 Å². The first-order valence-electron chi connectivity index (χ1n) is 10.6. The summed E-state index contributed by atoms with van der Waals surface area (Å²) in [5.41, 5.74) is 2.01. The summed E-state index contributed by atoms with van der Waals surface area (Å²) in [7, 11) is 0. The maximum Gasteiger partial charge on any atom is 0.262 e. The number of rotatable bonds is 7. The number of halogens is 1. The van der Waals surface area contributed by atoms with Gasteiger partial charge in [-0.1, -0.05) is 61.2 Å². The van der Waals surface area contributed by atoms with E-state index >= 15 is 0 Å². The smallest absolute Gasteiger partial charge is 0.262 e. The van der Waals surface area contributed by atoms with E-state index in [9.17, 15) is 9.59 Å². The number of hydrogen-bond acceptors (Lipinski definition) is 3. The molecule has 160 valence electrons. The van der Waals surface area contributed by atoms with Crippen molar-refractivity contribution in [3.63, 3.8) is 0 Å². The minimum atomic E-state index is -0.300. The van der Waals surface area contributed by atoms with Gasteiger partial charge < -0.3 is 15.4 Å². The molecule has 1 saturated carbocycles. The number of amides is 2. The van der Waals surface area contributed by atoms with Gasteiger partial charge in [0.1, 0.15) is 5.75 Å². The van der Waals surface area contributed by atoms with Crippen LogP contribution >= 0.6 is 15.9 Å². The van der Waals surface area contributed by atoms with Gasteiger partial charge in [0.15, 0.2) is 6.61 Å². The largest absolute Gasteiger partial charge is 0.483 e. The molecular weight excluding hydrogens is 444 g/mol. The third kappa shape index (κ3) is 6.08. The van der Waals surface area contributed by atoms with Crippen LogP contribution < -0.4 is 15.4 Å². The van der Waals surface area contributed by atoms with Crippen LogP contribution in [0.25, 0.3) is 0 Å². The second-order valence-electron chi connectivity index (χ2n) is 8.03. The highest BCUT2D eigenvalue weighted by Crippen LogP contribution is 2.29. The number of hydrogen-bond donors (Lipinski definition) is 2. The van der Waals surface area contributed by atoms with Gasteiger partial charge in [0.25, 0.3) is 11.8 Å². The number of anilines is 1. The van der Waals surface area contributed by atoms with E-state index in [1.165, 1.54) is 6.42 Å². The molecule has 0 heterocycles. The van der Waals surface area contributed by atoms with E-state index in [4.69, 9.17) is 4.74 Å². The van der Waals surface area contributed by atoms with Crippen LogP contribution in [-0.2, 0) is 4.79 Å². The lowest BCUT2D eigenvalue weighted by atomic mass is 9.95. The van der Waals surface area contributed by atoms with Crippen LogP contribution in [0.15, 0.2) is 46.9 Å². The molecule has 0 aliphatic heterocycles. The summed E-state index contributed by atoms with van der Waals surface area (Å²) in [4.78, 5) is 25.3. The summed E-state index contributed by atoms with van der Waals surface area (Å²) in [6, 6.07) is 13.1. The number of ether oxygens (including phenoxy) is 1. The Morgan fingerprint density at radius 3 is 2.57 bits per heavy atom. The molecule has 5 nitrogen and oxygen atoms in total. The summed E-state index contributed by atoms with van der Waals surface area (Å²) in [6.07, 6.45) is 5.55. The van der Waals surface area contributed by atoms with E-state index in [1.807, 2.05) is 18.2 Å². The Labute approximate surface area is 186 Å². The van der Waals surface area contributed by atoms with Crippen LogP contribution in [0.1, 0.15) is 67.8 Å². The number of carbonyl (C=O) groups excluding carboxylic acids is 2. The predicted octanol–water partition coefficient (Wildman–Crippen LogP) is 5.65. The van der Waals surface area contributed by atoms with E-state index in [-0.39, 0.29) is 30.4 Å². The van der Waals surface area contributed by atoms with Gasteiger partial charge in [-0.25, -0.2) is 0 Å². The topological polar surface area (TPSA) is 67.4 Å². The van der Waals surface area contributed by atoms with E-state index in [0.29, 0.717) is 17.0 Å². The number of para-hydroxylation sites is 1. The van der Waals surface area contributed by atoms with Crippen molar-refractivity contribution in [3.8, 4) is 5.75 Å². The second-order valence-corrected chi connectivity index (χ2v) is 8.94. The quantitative estimate of drug-likeness (QED) is 0.546. The molecule has 2 aromatic rings. The van der Waals surface area contributed by atoms with Crippen molar-refractivity contribution in [3.05, 3.63) is 58.1 Å². The third-order valence-electron chi connectivity index (χ3n) is 5.34. The zero-order valence-electron chi connectivity index (χ0n) is 17.5. The number of nitrogens with one attached hydrogen (secondary N) is 2. The minimum Gasteiger partial charge on any atom is -0.483 e. The highest BCUT2D eigenvalue weighted by molar-refractivity contribution is 9.10. The fraction of sp³-hybridized carbons (Fsp3) is 0.417. The fourth-order valence-electron chi connectivity index (χ4n) is 3.73. The molecule has 0 spiro atoms. The summed E-state index contributed by atoms with van der Waals surface area (Å²) >= 11 is 3.47. The normalized spacial score (nSPS) is 14.4. The standard InChI is InChI=1S/C24H29BrN2O3/c1-16(2)20-14-17(25)12-13-22(20)30-15-23(28)27-21-11-7-6-10-19(21)24(29)26-18-8-4-3-5-9-18/h6-7,10-14,16,18H,3-5,8-9,15H2,1-2H3,(H,26,29)(H,27,28). The van der Waals surface area contributed by atoms with Crippen LogP contribution in [0.5, 0.6) is 5.75 Å². The summed E-state index contributed by atoms with van der Waals surface area (Å²) in [6.45, 7) is 4.03. The van der Waals surface area contributed by atoms with Crippen molar-refractivity contribution in [1.29, 1.82) is 0 Å². The zero-order valence-corrected chi connectivity index (χ0v) is 19.1. The van der Waals surface area contributed by atoms with Crippen molar-refractivity contribution >= 4 is 33.4 Å². The van der Waals surface area contributed by atoms with Crippen LogP contribution in [0.4, 0.5) is 5.69 Å². The maximum absolute atomic E-state index is 12.7. The van der Waals surface area contributed by atoms with Crippen molar-refractivity contribution in [2.75, 3.05) is 11.9 Å². The van der Waals surface area contributed by atoms with Crippen molar-refractivity contribution < 1.29 is 14.3 Å². The molecule has 2 amide bonds. The van der Waals surface area contributed by atoms with Crippen LogP contribution in [0, 0.1) is 0 Å². The Morgan fingerprint density at radius 2 is 1.83 bits per heavy atom. The fourth-order valence-corrected chi connectivity index (χ4v) is 4.11. The molecule has 0 radical (unpaired) electrons. The van der Waals surface area contributed by atoms with E-state index in [2.05, 4.69) is 40.4 Å². The van der Waals surface area contributed by atoms with Crippen molar-refractivity contribution in [2.24, 2.45) is 0 Å². The maximum atomic E-state index is 12.7. The average molecular weight is 473 g/mol. The average Bonchev–Trinajstić information content (AvgIpc) is 2.73. The Morgan fingerprint density at radius 1 is 1.10 bits per heavy atom. The summed E-state index contributed by atoms with van der Waals surface area (Å²) in [5.74, 6) is 0.510. The monoisotopic (exact) mass is 472 g/mol. The van der Waals surface area contributed by atoms with Gasteiger partial charge in [-0.2, -0.15) is 0 Å². The Bertz CT molecular complexity index is 892. The first-order valence-corrected chi connectivity index (χ1v) is 11.4. The molecule has 3 rings (SSSR count). The molecule has 0 aromatic heterocycles. The molecule has 0 saturated heterocycles. The lowest BCUT2D eigenvalue weighted by Gasteiger charge is -2.23. The highest BCUT2D eigenvalue weighted by Gasteiger charge is 2.19. The molecule has 0 unspecified atom stereocenters. The SMILES string of the molecule is CC(C)c1cc(Br)ccc1OCC(=O)Nc1ccccc1C(=O)NC1CCCCC1. The van der Waals surface area contributed by atoms with Gasteiger partial charge in [0.2, 0.25) is 0 Å². The van der Waals surface area contributed by atoms with E-state index in [1.54, 1.807) is 24.3 Å². The van der Waals surface area contributed by atoms with E-state index < -0.39 is 0 Å². The molecule has 2 N–H and O–H groups in total. The molecule has 30 heavy (non-hydrogen) atoms. The third-order valence-corrected chi connectivity index (χ3v) is 5.83. The van der Waals surface area contributed by atoms with E-state index in [0.717, 1.165) is 35.7 Å². The van der Waals surface area contributed by atoms with Crippen LogP contribution in [-0.4, -0.2) is 24.5 Å². The van der Waals surface area contributed by atoms with Gasteiger partial charge in [0, 0.05) is 10.5 Å². The Balaban J connectivity index is 1.62. The first-order chi connectivity index (χ1) is 14.4. The van der Waals surface area contributed by atoms with Gasteiger partial charge >= 0.3 is 0 Å². The predicted molar refractivity (Wildman–Crippen MR) is 123 cm³/mol. The van der Waals surface area contributed by atoms with Gasteiger partial charge in [-0.15, -0.1) is 0 Å². The lowest BCUT2D eigenvalue weighted by Crippen LogP contribution is -2.36. The molecule has 0 atom stereocenters. The lowest BCUT2D eigenvalue weighted by molar-refractivity contribution is -0.118. The van der Waals surface area contributed by atoms with Gasteiger partial charge in [-0.05, 0) is 54.7 Å². The first kappa shape index (κ1) is 22.3. The van der Waals surface area contributed by atoms with Crippen molar-refractivity contribution in [1.82, 2.24) is 5.32 Å². The highest BCUT2D eigenvalue weighted by atomic mass is 79.9. The number of benzene rings is 2. The van der Waals surface area contributed by atoms with Crippen LogP contribution in [0.3, 0.4) is 0 Å². The molecule has 1 fully saturated rings. The number of carbonyl (C=O) groups is 2. The summed E-state index contributed by atoms with van der Waals surface area (Å²) in [5, 5.41) is 5.93. The van der Waals surface area contributed by atoms with Crippen LogP contribution in [0.2, 0.25) is 0 Å². The van der Waals surface area contributed by atoms with Gasteiger partial charge in [0.05, 0.1) is 11.3 Å². The zero-order chi connectivity index (χ0) is 21.5. The minimum absolute atomic E-state index is 0.125. The summed E-state index contributed by atoms with van der Waals surface area (Å²) < 4.78 is 6.75. The second kappa shape index (κ2) is 10.6. The molecule has 6 heteroatoms.